The largest absolute Gasteiger partial charge is 0.497 e. The highest BCUT2D eigenvalue weighted by Gasteiger charge is 2.17. The number of hydrogen-bond donors (Lipinski definition) is 1. The SMILES string of the molecule is COc1cccc(NC(=O)N(CCCN2CCOCC2)Cc2ccc([N+](=O)[O-])cc2)c1. The molecule has 0 unspecified atom stereocenters. The summed E-state index contributed by atoms with van der Waals surface area (Å²) in [6, 6.07) is 13.3. The summed E-state index contributed by atoms with van der Waals surface area (Å²) in [6.07, 6.45) is 0.818. The molecule has 1 N–H and O–H groups in total. The number of nitrogens with one attached hydrogen (secondary N) is 1. The number of morpholine rings is 1. The van der Waals surface area contributed by atoms with Gasteiger partial charge in [0.1, 0.15) is 5.75 Å². The maximum Gasteiger partial charge on any atom is 0.322 e. The van der Waals surface area contributed by atoms with Gasteiger partial charge in [-0.2, -0.15) is 0 Å². The molecular weight excluding hydrogens is 400 g/mol. The second-order valence-corrected chi connectivity index (χ2v) is 7.31. The van der Waals surface area contributed by atoms with Crippen LogP contribution in [0.4, 0.5) is 16.2 Å². The van der Waals surface area contributed by atoms with Crippen LogP contribution in [-0.4, -0.2) is 67.3 Å². The van der Waals surface area contributed by atoms with Gasteiger partial charge in [-0.15, -0.1) is 0 Å². The number of nitrogens with zero attached hydrogens (tertiary/aromatic N) is 3. The average molecular weight is 428 g/mol. The van der Waals surface area contributed by atoms with Gasteiger partial charge in [0, 0.05) is 56.6 Å². The number of carbonyl (C=O) groups is 1. The van der Waals surface area contributed by atoms with Crippen LogP contribution >= 0.6 is 0 Å². The number of ether oxygens (including phenoxy) is 2. The molecule has 1 saturated heterocycles. The Balaban J connectivity index is 1.65. The number of methoxy groups -OCH3 is 1. The summed E-state index contributed by atoms with van der Waals surface area (Å²) in [6.45, 7) is 5.08. The second kappa shape index (κ2) is 11.3. The lowest BCUT2D eigenvalue weighted by Gasteiger charge is -2.28. The molecule has 1 fully saturated rings. The van der Waals surface area contributed by atoms with Crippen LogP contribution in [-0.2, 0) is 11.3 Å². The first-order valence-corrected chi connectivity index (χ1v) is 10.3. The fourth-order valence-corrected chi connectivity index (χ4v) is 3.41. The molecule has 2 aromatic rings. The van der Waals surface area contributed by atoms with E-state index in [-0.39, 0.29) is 11.7 Å². The van der Waals surface area contributed by atoms with E-state index in [9.17, 15) is 14.9 Å². The van der Waals surface area contributed by atoms with E-state index in [1.165, 1.54) is 12.1 Å². The van der Waals surface area contributed by atoms with E-state index in [0.29, 0.717) is 24.5 Å². The Morgan fingerprint density at radius 1 is 1.23 bits per heavy atom. The Morgan fingerprint density at radius 2 is 1.97 bits per heavy atom. The number of hydrogen-bond acceptors (Lipinski definition) is 6. The molecule has 2 amide bonds. The Morgan fingerprint density at radius 3 is 2.65 bits per heavy atom. The Bertz CT molecular complexity index is 868. The first kappa shape index (κ1) is 22.5. The Labute approximate surface area is 181 Å². The molecule has 31 heavy (non-hydrogen) atoms. The summed E-state index contributed by atoms with van der Waals surface area (Å²) in [7, 11) is 1.58. The summed E-state index contributed by atoms with van der Waals surface area (Å²) in [4.78, 5) is 27.5. The van der Waals surface area contributed by atoms with Gasteiger partial charge in [-0.3, -0.25) is 15.0 Å². The molecule has 0 aliphatic carbocycles. The van der Waals surface area contributed by atoms with Gasteiger partial charge in [0.15, 0.2) is 0 Å². The number of benzene rings is 2. The normalized spacial score (nSPS) is 14.1. The highest BCUT2D eigenvalue weighted by Crippen LogP contribution is 2.18. The van der Waals surface area contributed by atoms with Crippen LogP contribution in [0.5, 0.6) is 5.75 Å². The van der Waals surface area contributed by atoms with Crippen molar-refractivity contribution in [3.8, 4) is 5.75 Å². The number of nitro benzene ring substituents is 1. The molecule has 9 nitrogen and oxygen atoms in total. The monoisotopic (exact) mass is 428 g/mol. The number of nitro groups is 1. The molecule has 3 rings (SSSR count). The number of carbonyl (C=O) groups excluding carboxylic acids is 1. The van der Waals surface area contributed by atoms with Gasteiger partial charge < -0.3 is 19.7 Å². The van der Waals surface area contributed by atoms with Gasteiger partial charge in [-0.25, -0.2) is 4.79 Å². The molecule has 1 heterocycles. The predicted molar refractivity (Wildman–Crippen MR) is 117 cm³/mol. The first-order valence-electron chi connectivity index (χ1n) is 10.3. The van der Waals surface area contributed by atoms with Gasteiger partial charge in [0.2, 0.25) is 0 Å². The Hall–Kier alpha value is -3.17. The van der Waals surface area contributed by atoms with Gasteiger partial charge in [-0.05, 0) is 24.1 Å². The quantitative estimate of drug-likeness (QED) is 0.486. The maximum atomic E-state index is 13.0. The van der Waals surface area contributed by atoms with Crippen molar-refractivity contribution < 1.29 is 19.2 Å². The molecule has 9 heteroatoms. The third-order valence-electron chi connectivity index (χ3n) is 5.13. The van der Waals surface area contributed by atoms with Gasteiger partial charge in [0.05, 0.1) is 25.2 Å². The average Bonchev–Trinajstić information content (AvgIpc) is 2.79. The van der Waals surface area contributed by atoms with Crippen LogP contribution < -0.4 is 10.1 Å². The lowest BCUT2D eigenvalue weighted by atomic mass is 10.2. The zero-order chi connectivity index (χ0) is 22.1. The number of non-ortho nitro benzene ring substituents is 1. The van der Waals surface area contributed by atoms with E-state index in [4.69, 9.17) is 9.47 Å². The minimum atomic E-state index is -0.431. The van der Waals surface area contributed by atoms with Crippen molar-refractivity contribution in [3.63, 3.8) is 0 Å². The van der Waals surface area contributed by atoms with E-state index in [1.807, 2.05) is 12.1 Å². The van der Waals surface area contributed by atoms with Crippen molar-refractivity contribution >= 4 is 17.4 Å². The van der Waals surface area contributed by atoms with E-state index in [2.05, 4.69) is 10.2 Å². The van der Waals surface area contributed by atoms with E-state index in [0.717, 1.165) is 44.8 Å². The highest BCUT2D eigenvalue weighted by atomic mass is 16.6. The minimum absolute atomic E-state index is 0.0310. The van der Waals surface area contributed by atoms with Crippen LogP contribution in [0.2, 0.25) is 0 Å². The maximum absolute atomic E-state index is 13.0. The van der Waals surface area contributed by atoms with Crippen molar-refractivity contribution in [2.75, 3.05) is 51.8 Å². The van der Waals surface area contributed by atoms with Gasteiger partial charge in [0.25, 0.3) is 5.69 Å². The number of anilines is 1. The van der Waals surface area contributed by atoms with Crippen molar-refractivity contribution in [3.05, 3.63) is 64.2 Å². The van der Waals surface area contributed by atoms with Crippen molar-refractivity contribution in [1.82, 2.24) is 9.80 Å². The molecule has 166 valence electrons. The number of rotatable bonds is 9. The topological polar surface area (TPSA) is 97.2 Å². The third kappa shape index (κ3) is 6.94. The second-order valence-electron chi connectivity index (χ2n) is 7.31. The molecule has 2 aromatic carbocycles. The predicted octanol–water partition coefficient (Wildman–Crippen LogP) is 3.36. The summed E-state index contributed by atoms with van der Waals surface area (Å²) in [5, 5.41) is 13.8. The molecule has 0 aromatic heterocycles. The molecule has 0 atom stereocenters. The van der Waals surface area contributed by atoms with Crippen LogP contribution in [0.15, 0.2) is 48.5 Å². The van der Waals surface area contributed by atoms with Gasteiger partial charge in [-0.1, -0.05) is 18.2 Å². The van der Waals surface area contributed by atoms with Gasteiger partial charge >= 0.3 is 6.03 Å². The van der Waals surface area contributed by atoms with Crippen LogP contribution in [0.3, 0.4) is 0 Å². The molecule has 0 bridgehead atoms. The summed E-state index contributed by atoms with van der Waals surface area (Å²) < 4.78 is 10.6. The van der Waals surface area contributed by atoms with Crippen LogP contribution in [0.1, 0.15) is 12.0 Å². The standard InChI is InChI=1S/C22H28N4O5/c1-30-21-5-2-4-19(16-21)23-22(27)25(11-3-10-24-12-14-31-15-13-24)17-18-6-8-20(9-7-18)26(28)29/h2,4-9,16H,3,10-15,17H2,1H3,(H,23,27). The molecular formula is C22H28N4O5. The first-order chi connectivity index (χ1) is 15.0. The molecule has 1 aliphatic heterocycles. The number of urea groups is 1. The zero-order valence-corrected chi connectivity index (χ0v) is 17.7. The Kier molecular flexibility index (Phi) is 8.19. The fraction of sp³-hybridized carbons (Fsp3) is 0.409. The van der Waals surface area contributed by atoms with E-state index >= 15 is 0 Å². The van der Waals surface area contributed by atoms with Crippen molar-refractivity contribution in [2.24, 2.45) is 0 Å². The fourth-order valence-electron chi connectivity index (χ4n) is 3.41. The molecule has 1 aliphatic rings. The van der Waals surface area contributed by atoms with Crippen LogP contribution in [0.25, 0.3) is 0 Å². The molecule has 0 saturated carbocycles. The smallest absolute Gasteiger partial charge is 0.322 e. The summed E-state index contributed by atoms with van der Waals surface area (Å²) in [5.74, 6) is 0.659. The third-order valence-corrected chi connectivity index (χ3v) is 5.13. The summed E-state index contributed by atoms with van der Waals surface area (Å²) >= 11 is 0. The summed E-state index contributed by atoms with van der Waals surface area (Å²) in [5.41, 5.74) is 1.51. The zero-order valence-electron chi connectivity index (χ0n) is 17.7. The van der Waals surface area contributed by atoms with E-state index < -0.39 is 4.92 Å². The molecule has 0 radical (unpaired) electrons. The van der Waals surface area contributed by atoms with Crippen molar-refractivity contribution in [2.45, 2.75) is 13.0 Å². The lowest BCUT2D eigenvalue weighted by Crippen LogP contribution is -2.40. The van der Waals surface area contributed by atoms with E-state index in [1.54, 1.807) is 36.3 Å². The highest BCUT2D eigenvalue weighted by molar-refractivity contribution is 5.89. The lowest BCUT2D eigenvalue weighted by molar-refractivity contribution is -0.384. The van der Waals surface area contributed by atoms with Crippen molar-refractivity contribution in [1.29, 1.82) is 0 Å². The number of amides is 2. The molecule has 0 spiro atoms. The van der Waals surface area contributed by atoms with Crippen LogP contribution in [0, 0.1) is 10.1 Å². The minimum Gasteiger partial charge on any atom is -0.497 e.